The van der Waals surface area contributed by atoms with E-state index >= 15 is 0 Å². The fourth-order valence-electron chi connectivity index (χ4n) is 3.96. The van der Waals surface area contributed by atoms with E-state index in [0.29, 0.717) is 16.0 Å². The van der Waals surface area contributed by atoms with E-state index in [1.165, 1.54) is 0 Å². The monoisotopic (exact) mass is 432 g/mol. The number of amides is 2. The van der Waals surface area contributed by atoms with Gasteiger partial charge in [-0.3, -0.25) is 4.90 Å². The summed E-state index contributed by atoms with van der Waals surface area (Å²) in [5.74, 6) is 0.594. The Hall–Kier alpha value is -1.95. The molecule has 0 saturated carbocycles. The zero-order valence-corrected chi connectivity index (χ0v) is 17.9. The van der Waals surface area contributed by atoms with Gasteiger partial charge in [-0.2, -0.15) is 0 Å². The number of halogens is 2. The minimum absolute atomic E-state index is 0.000495. The van der Waals surface area contributed by atoms with Crippen LogP contribution in [0.25, 0.3) is 0 Å². The van der Waals surface area contributed by atoms with Crippen molar-refractivity contribution in [2.24, 2.45) is 5.92 Å². The molecule has 2 aromatic carbocycles. The maximum absolute atomic E-state index is 12.2. The summed E-state index contributed by atoms with van der Waals surface area (Å²) in [4.78, 5) is 18.9. The van der Waals surface area contributed by atoms with E-state index < -0.39 is 0 Å². The number of nitrogens with one attached hydrogen (secondary N) is 1. The fourth-order valence-corrected chi connectivity index (χ4v) is 4.37. The lowest BCUT2D eigenvalue weighted by atomic mass is 9.96. The van der Waals surface area contributed by atoms with Crippen LogP contribution in [0.3, 0.4) is 0 Å². The van der Waals surface area contributed by atoms with E-state index in [1.54, 1.807) is 0 Å². The SMILES string of the molecule is O=C(Nc1ccccc1)N1CC(CCN2CCN(c3cccc(Cl)c3Cl)CC2)C1. The summed E-state index contributed by atoms with van der Waals surface area (Å²) in [6.45, 7) is 6.72. The largest absolute Gasteiger partial charge is 0.368 e. The summed E-state index contributed by atoms with van der Waals surface area (Å²) in [6, 6.07) is 15.4. The van der Waals surface area contributed by atoms with Crippen molar-refractivity contribution in [2.75, 3.05) is 56.0 Å². The minimum Gasteiger partial charge on any atom is -0.368 e. The molecule has 0 spiro atoms. The van der Waals surface area contributed by atoms with Crippen LogP contribution in [-0.4, -0.2) is 61.6 Å². The normalized spacial score (nSPS) is 17.9. The number of likely N-dealkylation sites (tertiary alicyclic amines) is 1. The summed E-state index contributed by atoms with van der Waals surface area (Å²) >= 11 is 12.5. The van der Waals surface area contributed by atoms with Crippen LogP contribution in [0.5, 0.6) is 0 Å². The molecule has 2 fully saturated rings. The van der Waals surface area contributed by atoms with Crippen molar-refractivity contribution < 1.29 is 4.79 Å². The number of anilines is 2. The molecule has 5 nitrogen and oxygen atoms in total. The van der Waals surface area contributed by atoms with Crippen molar-refractivity contribution in [1.82, 2.24) is 9.80 Å². The lowest BCUT2D eigenvalue weighted by Gasteiger charge is -2.41. The molecule has 2 aliphatic rings. The van der Waals surface area contributed by atoms with Gasteiger partial charge in [0.2, 0.25) is 0 Å². The number of carbonyl (C=O) groups excluding carboxylic acids is 1. The molecule has 0 unspecified atom stereocenters. The topological polar surface area (TPSA) is 38.8 Å². The van der Waals surface area contributed by atoms with Gasteiger partial charge in [-0.05, 0) is 43.1 Å². The first-order chi connectivity index (χ1) is 14.1. The lowest BCUT2D eigenvalue weighted by molar-refractivity contribution is 0.113. The van der Waals surface area contributed by atoms with E-state index in [4.69, 9.17) is 23.2 Å². The molecule has 2 heterocycles. The molecule has 2 amide bonds. The minimum atomic E-state index is -0.000495. The van der Waals surface area contributed by atoms with Crippen LogP contribution in [0.15, 0.2) is 48.5 Å². The predicted octanol–water partition coefficient (Wildman–Crippen LogP) is 4.67. The van der Waals surface area contributed by atoms with Crippen LogP contribution < -0.4 is 10.2 Å². The van der Waals surface area contributed by atoms with Crippen molar-refractivity contribution in [3.8, 4) is 0 Å². The average molecular weight is 433 g/mol. The highest BCUT2D eigenvalue weighted by Crippen LogP contribution is 2.33. The molecular weight excluding hydrogens is 407 g/mol. The van der Waals surface area contributed by atoms with Crippen LogP contribution in [0, 0.1) is 5.92 Å². The Morgan fingerprint density at radius 3 is 2.41 bits per heavy atom. The molecule has 1 N–H and O–H groups in total. The molecule has 0 bridgehead atoms. The first-order valence-corrected chi connectivity index (χ1v) is 10.9. The van der Waals surface area contributed by atoms with Gasteiger partial charge < -0.3 is 15.1 Å². The summed E-state index contributed by atoms with van der Waals surface area (Å²) in [5.41, 5.74) is 1.87. The summed E-state index contributed by atoms with van der Waals surface area (Å²) in [6.07, 6.45) is 1.13. The van der Waals surface area contributed by atoms with Crippen LogP contribution in [-0.2, 0) is 0 Å². The highest BCUT2D eigenvalue weighted by Gasteiger charge is 2.31. The van der Waals surface area contributed by atoms with E-state index in [0.717, 1.165) is 63.6 Å². The molecule has 2 aliphatic heterocycles. The summed E-state index contributed by atoms with van der Waals surface area (Å²) < 4.78 is 0. The van der Waals surface area contributed by atoms with Crippen LogP contribution in [0.4, 0.5) is 16.2 Å². The van der Waals surface area contributed by atoms with E-state index in [9.17, 15) is 4.79 Å². The van der Waals surface area contributed by atoms with Gasteiger partial charge in [0.05, 0.1) is 15.7 Å². The van der Waals surface area contributed by atoms with Gasteiger partial charge in [0.1, 0.15) is 0 Å². The zero-order valence-electron chi connectivity index (χ0n) is 16.4. The Labute approximate surface area is 182 Å². The van der Waals surface area contributed by atoms with E-state index in [1.807, 2.05) is 53.4 Å². The number of para-hydroxylation sites is 1. The van der Waals surface area contributed by atoms with Crippen LogP contribution in [0.2, 0.25) is 10.0 Å². The van der Waals surface area contributed by atoms with Crippen LogP contribution in [0.1, 0.15) is 6.42 Å². The van der Waals surface area contributed by atoms with Gasteiger partial charge in [0.25, 0.3) is 0 Å². The van der Waals surface area contributed by atoms with Gasteiger partial charge in [-0.25, -0.2) is 4.79 Å². The van der Waals surface area contributed by atoms with Crippen molar-refractivity contribution in [3.63, 3.8) is 0 Å². The third-order valence-electron chi connectivity index (χ3n) is 5.77. The molecule has 4 rings (SSSR count). The second-order valence-electron chi connectivity index (χ2n) is 7.76. The Morgan fingerprint density at radius 2 is 1.69 bits per heavy atom. The molecule has 2 saturated heterocycles. The van der Waals surface area contributed by atoms with Gasteiger partial charge >= 0.3 is 6.03 Å². The second-order valence-corrected chi connectivity index (χ2v) is 8.54. The summed E-state index contributed by atoms with van der Waals surface area (Å²) in [7, 11) is 0. The third-order valence-corrected chi connectivity index (χ3v) is 6.58. The molecule has 7 heteroatoms. The molecule has 0 aromatic heterocycles. The quantitative estimate of drug-likeness (QED) is 0.745. The van der Waals surface area contributed by atoms with Crippen molar-refractivity contribution in [3.05, 3.63) is 58.6 Å². The maximum atomic E-state index is 12.2. The average Bonchev–Trinajstić information content (AvgIpc) is 2.70. The number of nitrogens with zero attached hydrogens (tertiary/aromatic N) is 3. The van der Waals surface area contributed by atoms with Gasteiger partial charge in [-0.15, -0.1) is 0 Å². The Balaban J connectivity index is 1.16. The number of urea groups is 1. The van der Waals surface area contributed by atoms with Crippen molar-refractivity contribution in [2.45, 2.75) is 6.42 Å². The number of hydrogen-bond acceptors (Lipinski definition) is 3. The molecule has 0 radical (unpaired) electrons. The maximum Gasteiger partial charge on any atom is 0.321 e. The molecule has 29 heavy (non-hydrogen) atoms. The van der Waals surface area contributed by atoms with E-state index in [-0.39, 0.29) is 6.03 Å². The first-order valence-electron chi connectivity index (χ1n) is 10.1. The number of piperazine rings is 1. The number of hydrogen-bond donors (Lipinski definition) is 1. The fraction of sp³-hybridized carbons (Fsp3) is 0.409. The van der Waals surface area contributed by atoms with Gasteiger partial charge in [0, 0.05) is 45.0 Å². The van der Waals surface area contributed by atoms with E-state index in [2.05, 4.69) is 15.1 Å². The lowest BCUT2D eigenvalue weighted by Crippen LogP contribution is -2.53. The standard InChI is InChI=1S/C22H26Cl2N4O/c23-19-7-4-8-20(21(19)24)27-13-11-26(12-14-27)10-9-17-15-28(16-17)22(29)25-18-5-2-1-3-6-18/h1-8,17H,9-16H2,(H,25,29). The smallest absolute Gasteiger partial charge is 0.321 e. The van der Waals surface area contributed by atoms with Gasteiger partial charge in [-0.1, -0.05) is 47.5 Å². The number of carbonyl (C=O) groups is 1. The first kappa shape index (κ1) is 20.3. The molecular formula is C22H26Cl2N4O. The van der Waals surface area contributed by atoms with Crippen molar-refractivity contribution >= 4 is 40.6 Å². The molecule has 0 atom stereocenters. The highest BCUT2D eigenvalue weighted by molar-refractivity contribution is 6.43. The van der Waals surface area contributed by atoms with Crippen LogP contribution >= 0.6 is 23.2 Å². The molecule has 154 valence electrons. The highest BCUT2D eigenvalue weighted by atomic mass is 35.5. The number of benzene rings is 2. The number of rotatable bonds is 5. The predicted molar refractivity (Wildman–Crippen MR) is 120 cm³/mol. The van der Waals surface area contributed by atoms with Crippen molar-refractivity contribution in [1.29, 1.82) is 0 Å². The summed E-state index contributed by atoms with van der Waals surface area (Å²) in [5, 5.41) is 4.20. The van der Waals surface area contributed by atoms with Gasteiger partial charge in [0.15, 0.2) is 0 Å². The Kier molecular flexibility index (Phi) is 6.48. The Bertz CT molecular complexity index is 834. The zero-order chi connectivity index (χ0) is 20.2. The Morgan fingerprint density at radius 1 is 0.966 bits per heavy atom. The molecule has 2 aromatic rings. The third kappa shape index (κ3) is 4.97. The second kappa shape index (κ2) is 9.24. The molecule has 0 aliphatic carbocycles.